The van der Waals surface area contributed by atoms with Gasteiger partial charge in [0.2, 0.25) is 11.8 Å². The molecule has 34 heavy (non-hydrogen) atoms. The third kappa shape index (κ3) is 5.07. The van der Waals surface area contributed by atoms with Gasteiger partial charge in [-0.05, 0) is 36.9 Å². The fourth-order valence-corrected chi connectivity index (χ4v) is 6.17. The van der Waals surface area contributed by atoms with Crippen molar-refractivity contribution in [2.75, 3.05) is 36.5 Å². The molecular formula is C25H28N4O3S2. The minimum Gasteiger partial charge on any atom is -0.379 e. The summed E-state index contributed by atoms with van der Waals surface area (Å²) in [7, 11) is 0. The topological polar surface area (TPSA) is 74.8 Å². The van der Waals surface area contributed by atoms with E-state index in [4.69, 9.17) is 4.74 Å². The van der Waals surface area contributed by atoms with Crippen LogP contribution in [0, 0.1) is 12.8 Å². The van der Waals surface area contributed by atoms with Crippen LogP contribution in [0.5, 0.6) is 0 Å². The number of aromatic nitrogens is 1. The highest BCUT2D eigenvalue weighted by molar-refractivity contribution is 7.14. The Morgan fingerprint density at radius 2 is 1.97 bits per heavy atom. The van der Waals surface area contributed by atoms with Gasteiger partial charge in [0.15, 0.2) is 5.13 Å². The van der Waals surface area contributed by atoms with Gasteiger partial charge < -0.3 is 15.0 Å². The first-order valence-electron chi connectivity index (χ1n) is 11.6. The van der Waals surface area contributed by atoms with E-state index in [-0.39, 0.29) is 23.8 Å². The molecule has 0 saturated carbocycles. The van der Waals surface area contributed by atoms with Crippen LogP contribution in [0.25, 0.3) is 0 Å². The summed E-state index contributed by atoms with van der Waals surface area (Å²) in [6.07, 6.45) is 0.857. The Balaban J connectivity index is 1.35. The van der Waals surface area contributed by atoms with Gasteiger partial charge in [-0.15, -0.1) is 22.7 Å². The molecule has 7 nitrogen and oxygen atoms in total. The summed E-state index contributed by atoms with van der Waals surface area (Å²) in [4.78, 5) is 36.4. The SMILES string of the molecule is Cc1ccc(N2C(=O)CC[C@@H](C(=O)Nc3nc(CN4CCOCC4)cs3)[C@@H]2c2cccs2)cc1. The number of nitrogens with one attached hydrogen (secondary N) is 1. The molecule has 2 aliphatic heterocycles. The smallest absolute Gasteiger partial charge is 0.231 e. The number of ether oxygens (including phenoxy) is 1. The van der Waals surface area contributed by atoms with E-state index in [0.29, 0.717) is 18.0 Å². The number of thiazole rings is 1. The Bertz CT molecular complexity index is 1120. The Hall–Kier alpha value is -2.59. The van der Waals surface area contributed by atoms with Crippen molar-refractivity contribution in [3.63, 3.8) is 0 Å². The highest BCUT2D eigenvalue weighted by Gasteiger charge is 2.42. The number of rotatable bonds is 6. The predicted octanol–water partition coefficient (Wildman–Crippen LogP) is 4.47. The van der Waals surface area contributed by atoms with Gasteiger partial charge in [0.05, 0.1) is 30.9 Å². The molecule has 3 aromatic rings. The lowest BCUT2D eigenvalue weighted by atomic mass is 9.86. The molecule has 4 heterocycles. The fourth-order valence-electron chi connectivity index (χ4n) is 4.59. The highest BCUT2D eigenvalue weighted by atomic mass is 32.1. The monoisotopic (exact) mass is 496 g/mol. The van der Waals surface area contributed by atoms with E-state index < -0.39 is 0 Å². The van der Waals surface area contributed by atoms with Crippen LogP contribution in [0.1, 0.15) is 35.0 Å². The summed E-state index contributed by atoms with van der Waals surface area (Å²) in [5.74, 6) is -0.395. The van der Waals surface area contributed by atoms with Gasteiger partial charge >= 0.3 is 0 Å². The molecule has 0 bridgehead atoms. The molecule has 1 N–H and O–H groups in total. The number of carbonyl (C=O) groups excluding carboxylic acids is 2. The molecule has 2 aromatic heterocycles. The van der Waals surface area contributed by atoms with Crippen molar-refractivity contribution in [2.45, 2.75) is 32.4 Å². The molecule has 178 valence electrons. The third-order valence-electron chi connectivity index (χ3n) is 6.35. The first-order valence-corrected chi connectivity index (χ1v) is 13.3. The molecule has 1 aromatic carbocycles. The number of hydrogen-bond donors (Lipinski definition) is 1. The number of thiophene rings is 1. The lowest BCUT2D eigenvalue weighted by molar-refractivity contribution is -0.125. The summed E-state index contributed by atoms with van der Waals surface area (Å²) >= 11 is 3.03. The molecule has 0 radical (unpaired) electrons. The maximum Gasteiger partial charge on any atom is 0.231 e. The Labute approximate surface area is 207 Å². The number of piperidine rings is 1. The van der Waals surface area contributed by atoms with Crippen molar-refractivity contribution in [2.24, 2.45) is 5.92 Å². The van der Waals surface area contributed by atoms with E-state index in [2.05, 4.69) is 15.2 Å². The van der Waals surface area contributed by atoms with Gasteiger partial charge in [-0.1, -0.05) is 23.8 Å². The summed E-state index contributed by atoms with van der Waals surface area (Å²) in [6.45, 7) is 6.06. The van der Waals surface area contributed by atoms with Crippen molar-refractivity contribution >= 4 is 45.3 Å². The second-order valence-electron chi connectivity index (χ2n) is 8.73. The highest BCUT2D eigenvalue weighted by Crippen LogP contribution is 2.42. The molecule has 0 spiro atoms. The average Bonchev–Trinajstić information content (AvgIpc) is 3.53. The molecule has 9 heteroatoms. The number of hydrogen-bond acceptors (Lipinski definition) is 7. The lowest BCUT2D eigenvalue weighted by Crippen LogP contribution is -2.46. The van der Waals surface area contributed by atoms with Crippen LogP contribution in [0.15, 0.2) is 47.2 Å². The van der Waals surface area contributed by atoms with E-state index in [9.17, 15) is 9.59 Å². The molecule has 0 aliphatic carbocycles. The summed E-state index contributed by atoms with van der Waals surface area (Å²) in [5, 5.41) is 7.66. The Kier molecular flexibility index (Phi) is 7.05. The summed E-state index contributed by atoms with van der Waals surface area (Å²) < 4.78 is 5.41. The molecule has 2 aliphatic rings. The summed E-state index contributed by atoms with van der Waals surface area (Å²) in [6, 6.07) is 11.6. The van der Waals surface area contributed by atoms with E-state index >= 15 is 0 Å². The largest absolute Gasteiger partial charge is 0.379 e. The van der Waals surface area contributed by atoms with Gasteiger partial charge in [-0.25, -0.2) is 4.98 Å². The molecule has 2 fully saturated rings. The van der Waals surface area contributed by atoms with Crippen LogP contribution >= 0.6 is 22.7 Å². The van der Waals surface area contributed by atoms with Gasteiger partial charge in [-0.3, -0.25) is 14.5 Å². The number of benzene rings is 1. The third-order valence-corrected chi connectivity index (χ3v) is 8.10. The van der Waals surface area contributed by atoms with Crippen LogP contribution < -0.4 is 10.2 Å². The van der Waals surface area contributed by atoms with Crippen LogP contribution in [0.3, 0.4) is 0 Å². The Morgan fingerprint density at radius 1 is 1.18 bits per heavy atom. The van der Waals surface area contributed by atoms with Crippen LogP contribution in [-0.2, 0) is 20.9 Å². The molecule has 2 atom stereocenters. The normalized spacial score (nSPS) is 21.6. The quantitative estimate of drug-likeness (QED) is 0.545. The number of aryl methyl sites for hydroxylation is 1. The second-order valence-corrected chi connectivity index (χ2v) is 10.6. The number of anilines is 2. The zero-order valence-corrected chi connectivity index (χ0v) is 20.7. The van der Waals surface area contributed by atoms with E-state index in [1.54, 1.807) is 11.3 Å². The maximum absolute atomic E-state index is 13.5. The average molecular weight is 497 g/mol. The van der Waals surface area contributed by atoms with Crippen LogP contribution in [0.2, 0.25) is 0 Å². The molecule has 5 rings (SSSR count). The molecule has 2 saturated heterocycles. The lowest BCUT2D eigenvalue weighted by Gasteiger charge is -2.40. The minimum atomic E-state index is -0.357. The number of morpholine rings is 1. The zero-order valence-electron chi connectivity index (χ0n) is 19.1. The van der Waals surface area contributed by atoms with Gasteiger partial charge in [0.25, 0.3) is 0 Å². The minimum absolute atomic E-state index is 0.0494. The zero-order chi connectivity index (χ0) is 23.5. The number of nitrogens with zero attached hydrogens (tertiary/aromatic N) is 3. The second kappa shape index (κ2) is 10.4. The summed E-state index contributed by atoms with van der Waals surface area (Å²) in [5.41, 5.74) is 2.91. The Morgan fingerprint density at radius 3 is 2.71 bits per heavy atom. The van der Waals surface area contributed by atoms with E-state index in [0.717, 1.165) is 54.7 Å². The van der Waals surface area contributed by atoms with Crippen molar-refractivity contribution in [1.82, 2.24) is 9.88 Å². The predicted molar refractivity (Wildman–Crippen MR) is 135 cm³/mol. The van der Waals surface area contributed by atoms with Gasteiger partial charge in [-0.2, -0.15) is 0 Å². The van der Waals surface area contributed by atoms with Crippen LogP contribution in [0.4, 0.5) is 10.8 Å². The van der Waals surface area contributed by atoms with Crippen molar-refractivity contribution in [3.05, 3.63) is 63.3 Å². The number of carbonyl (C=O) groups is 2. The first kappa shape index (κ1) is 23.2. The van der Waals surface area contributed by atoms with E-state index in [1.165, 1.54) is 11.3 Å². The van der Waals surface area contributed by atoms with Crippen molar-refractivity contribution in [1.29, 1.82) is 0 Å². The fraction of sp³-hybridized carbons (Fsp3) is 0.400. The maximum atomic E-state index is 13.5. The molecule has 0 unspecified atom stereocenters. The van der Waals surface area contributed by atoms with Crippen LogP contribution in [-0.4, -0.2) is 48.0 Å². The number of amides is 2. The van der Waals surface area contributed by atoms with Crippen molar-refractivity contribution in [3.8, 4) is 0 Å². The molecular weight excluding hydrogens is 468 g/mol. The van der Waals surface area contributed by atoms with Gasteiger partial charge in [0, 0.05) is 42.0 Å². The van der Waals surface area contributed by atoms with Crippen molar-refractivity contribution < 1.29 is 14.3 Å². The van der Waals surface area contributed by atoms with E-state index in [1.807, 2.05) is 59.0 Å². The standard InChI is InChI=1S/C25H28N4O3S2/c1-17-4-6-19(7-5-17)29-22(30)9-8-20(23(29)21-3-2-14-33-21)24(31)27-25-26-18(16-34-25)15-28-10-12-32-13-11-28/h2-7,14,16,20,23H,8-13,15H2,1H3,(H,26,27,31)/t20-,23-/m1/s1. The first-order chi connectivity index (χ1) is 16.6. The van der Waals surface area contributed by atoms with Gasteiger partial charge in [0.1, 0.15) is 0 Å². The molecule has 2 amide bonds.